The Hall–Kier alpha value is -1.95. The Balaban J connectivity index is 1.77. The SMILES string of the molecule is Cc1c(C(=O)NC2C3CNCC32)cccc1[N+](=O)[O-]. The topological polar surface area (TPSA) is 84.3 Å². The molecule has 2 unspecified atom stereocenters. The maximum Gasteiger partial charge on any atom is 0.273 e. The number of benzene rings is 1. The number of hydrogen-bond acceptors (Lipinski definition) is 4. The number of nitro groups is 1. The van der Waals surface area contributed by atoms with E-state index in [1.54, 1.807) is 19.1 Å². The summed E-state index contributed by atoms with van der Waals surface area (Å²) < 4.78 is 0. The van der Waals surface area contributed by atoms with Gasteiger partial charge in [-0.2, -0.15) is 0 Å². The molecule has 0 radical (unpaired) electrons. The second-order valence-electron chi connectivity index (χ2n) is 5.19. The van der Waals surface area contributed by atoms with E-state index in [4.69, 9.17) is 0 Å². The highest BCUT2D eigenvalue weighted by molar-refractivity contribution is 5.97. The van der Waals surface area contributed by atoms with Crippen LogP contribution in [0.15, 0.2) is 18.2 Å². The molecule has 1 aliphatic carbocycles. The van der Waals surface area contributed by atoms with Crippen molar-refractivity contribution in [2.24, 2.45) is 11.8 Å². The van der Waals surface area contributed by atoms with Crippen molar-refractivity contribution >= 4 is 11.6 Å². The molecule has 19 heavy (non-hydrogen) atoms. The minimum atomic E-state index is -0.456. The highest BCUT2D eigenvalue weighted by Gasteiger charge is 2.53. The van der Waals surface area contributed by atoms with Gasteiger partial charge in [-0.1, -0.05) is 6.07 Å². The van der Waals surface area contributed by atoms with Gasteiger partial charge >= 0.3 is 0 Å². The summed E-state index contributed by atoms with van der Waals surface area (Å²) in [5.74, 6) is 0.853. The van der Waals surface area contributed by atoms with Crippen LogP contribution in [0.25, 0.3) is 0 Å². The van der Waals surface area contributed by atoms with Crippen molar-refractivity contribution < 1.29 is 9.72 Å². The third-order valence-electron chi connectivity index (χ3n) is 4.14. The summed E-state index contributed by atoms with van der Waals surface area (Å²) in [7, 11) is 0. The summed E-state index contributed by atoms with van der Waals surface area (Å²) in [4.78, 5) is 22.6. The lowest BCUT2D eigenvalue weighted by molar-refractivity contribution is -0.385. The molecule has 6 nitrogen and oxygen atoms in total. The first-order valence-electron chi connectivity index (χ1n) is 6.35. The first-order chi connectivity index (χ1) is 9.09. The number of carbonyl (C=O) groups is 1. The van der Waals surface area contributed by atoms with Crippen molar-refractivity contribution in [2.45, 2.75) is 13.0 Å². The van der Waals surface area contributed by atoms with Gasteiger partial charge in [-0.3, -0.25) is 14.9 Å². The van der Waals surface area contributed by atoms with Crippen LogP contribution in [0.4, 0.5) is 5.69 Å². The summed E-state index contributed by atoms with van der Waals surface area (Å²) in [5, 5.41) is 17.1. The van der Waals surface area contributed by atoms with Gasteiger partial charge in [-0.25, -0.2) is 0 Å². The largest absolute Gasteiger partial charge is 0.349 e. The van der Waals surface area contributed by atoms with Crippen LogP contribution in [-0.2, 0) is 0 Å². The number of hydrogen-bond donors (Lipinski definition) is 2. The number of piperidine rings is 1. The lowest BCUT2D eigenvalue weighted by Crippen LogP contribution is -2.32. The lowest BCUT2D eigenvalue weighted by atomic mass is 10.1. The molecule has 3 rings (SSSR count). The fourth-order valence-corrected chi connectivity index (χ4v) is 2.93. The van der Waals surface area contributed by atoms with Crippen LogP contribution in [0.5, 0.6) is 0 Å². The summed E-state index contributed by atoms with van der Waals surface area (Å²) in [6.45, 7) is 3.51. The molecule has 100 valence electrons. The van der Waals surface area contributed by atoms with E-state index in [2.05, 4.69) is 10.6 Å². The monoisotopic (exact) mass is 261 g/mol. The van der Waals surface area contributed by atoms with Crippen LogP contribution in [0.2, 0.25) is 0 Å². The third kappa shape index (κ3) is 1.98. The fraction of sp³-hybridized carbons (Fsp3) is 0.462. The summed E-state index contributed by atoms with van der Waals surface area (Å²) in [5.41, 5.74) is 0.811. The average molecular weight is 261 g/mol. The molecule has 0 spiro atoms. The molecule has 2 fully saturated rings. The van der Waals surface area contributed by atoms with E-state index in [1.807, 2.05) is 0 Å². The lowest BCUT2D eigenvalue weighted by Gasteiger charge is -2.09. The number of nitro benzene ring substituents is 1. The molecule has 2 atom stereocenters. The highest BCUT2D eigenvalue weighted by atomic mass is 16.6. The molecule has 1 saturated heterocycles. The molecule has 1 saturated carbocycles. The van der Waals surface area contributed by atoms with Crippen molar-refractivity contribution in [3.63, 3.8) is 0 Å². The van der Waals surface area contributed by atoms with E-state index in [9.17, 15) is 14.9 Å². The summed E-state index contributed by atoms with van der Waals surface area (Å²) in [6, 6.07) is 4.83. The Kier molecular flexibility index (Phi) is 2.74. The molecule has 2 N–H and O–H groups in total. The van der Waals surface area contributed by atoms with Crippen LogP contribution < -0.4 is 10.6 Å². The van der Waals surface area contributed by atoms with E-state index < -0.39 is 4.92 Å². The quantitative estimate of drug-likeness (QED) is 0.624. The van der Waals surface area contributed by atoms with Gasteiger partial charge in [0.25, 0.3) is 11.6 Å². The molecular formula is C13H15N3O3. The molecule has 2 aliphatic rings. The van der Waals surface area contributed by atoms with Crippen molar-refractivity contribution in [2.75, 3.05) is 13.1 Å². The Morgan fingerprint density at radius 2 is 2.11 bits per heavy atom. The molecule has 1 aromatic carbocycles. The van der Waals surface area contributed by atoms with Crippen molar-refractivity contribution in [3.8, 4) is 0 Å². The van der Waals surface area contributed by atoms with Gasteiger partial charge in [0.2, 0.25) is 0 Å². The van der Waals surface area contributed by atoms with Gasteiger partial charge in [0.05, 0.1) is 4.92 Å². The Bertz CT molecular complexity index is 548. The first-order valence-corrected chi connectivity index (χ1v) is 6.35. The van der Waals surface area contributed by atoms with E-state index in [0.29, 0.717) is 23.0 Å². The van der Waals surface area contributed by atoms with Crippen LogP contribution in [0, 0.1) is 28.9 Å². The first kappa shape index (κ1) is 12.1. The predicted octanol–water partition coefficient (Wildman–Crippen LogP) is 0.851. The van der Waals surface area contributed by atoms with Crippen molar-refractivity contribution in [3.05, 3.63) is 39.4 Å². The second-order valence-corrected chi connectivity index (χ2v) is 5.19. The second kappa shape index (κ2) is 4.31. The van der Waals surface area contributed by atoms with Gasteiger partial charge in [0, 0.05) is 36.3 Å². The van der Waals surface area contributed by atoms with Crippen LogP contribution in [0.3, 0.4) is 0 Å². The minimum Gasteiger partial charge on any atom is -0.349 e. The van der Waals surface area contributed by atoms with Gasteiger partial charge in [-0.05, 0) is 24.8 Å². The van der Waals surface area contributed by atoms with E-state index in [-0.39, 0.29) is 17.6 Å². The average Bonchev–Trinajstić information content (AvgIpc) is 2.82. The van der Waals surface area contributed by atoms with Gasteiger partial charge < -0.3 is 10.6 Å². The number of rotatable bonds is 3. The summed E-state index contributed by atoms with van der Waals surface area (Å²) >= 11 is 0. The highest BCUT2D eigenvalue weighted by Crippen LogP contribution is 2.41. The van der Waals surface area contributed by atoms with Gasteiger partial charge in [0.15, 0.2) is 0 Å². The molecule has 1 heterocycles. The van der Waals surface area contributed by atoms with Crippen molar-refractivity contribution in [1.29, 1.82) is 0 Å². The number of nitrogens with one attached hydrogen (secondary N) is 2. The van der Waals surface area contributed by atoms with Crippen LogP contribution in [-0.4, -0.2) is 30.0 Å². The zero-order valence-electron chi connectivity index (χ0n) is 10.6. The zero-order valence-corrected chi connectivity index (χ0v) is 10.6. The maximum absolute atomic E-state index is 12.2. The molecule has 1 aromatic rings. The number of amides is 1. The number of nitrogens with zero attached hydrogens (tertiary/aromatic N) is 1. The van der Waals surface area contributed by atoms with Gasteiger partial charge in [0.1, 0.15) is 0 Å². The smallest absolute Gasteiger partial charge is 0.273 e. The third-order valence-corrected chi connectivity index (χ3v) is 4.14. The summed E-state index contributed by atoms with van der Waals surface area (Å²) in [6.07, 6.45) is 0. The van der Waals surface area contributed by atoms with Crippen molar-refractivity contribution in [1.82, 2.24) is 10.6 Å². The number of fused-ring (bicyclic) bond motifs is 1. The van der Waals surface area contributed by atoms with Crippen LogP contribution in [0.1, 0.15) is 15.9 Å². The fourth-order valence-electron chi connectivity index (χ4n) is 2.93. The molecule has 0 bridgehead atoms. The van der Waals surface area contributed by atoms with E-state index in [1.165, 1.54) is 6.07 Å². The Labute approximate surface area is 110 Å². The Morgan fingerprint density at radius 3 is 2.74 bits per heavy atom. The van der Waals surface area contributed by atoms with E-state index in [0.717, 1.165) is 13.1 Å². The zero-order chi connectivity index (χ0) is 13.6. The maximum atomic E-state index is 12.2. The molecule has 6 heteroatoms. The van der Waals surface area contributed by atoms with Gasteiger partial charge in [-0.15, -0.1) is 0 Å². The minimum absolute atomic E-state index is 0.00897. The standard InChI is InChI=1S/C13H15N3O3/c1-7-8(3-2-4-11(7)16(18)19)13(17)15-12-9-5-14-6-10(9)12/h2-4,9-10,12,14H,5-6H2,1H3,(H,15,17). The predicted molar refractivity (Wildman–Crippen MR) is 68.9 cm³/mol. The molecular weight excluding hydrogens is 246 g/mol. The molecule has 1 amide bonds. The normalized spacial score (nSPS) is 27.7. The van der Waals surface area contributed by atoms with Crippen LogP contribution >= 0.6 is 0 Å². The number of carbonyl (C=O) groups excluding carboxylic acids is 1. The Morgan fingerprint density at radius 1 is 1.42 bits per heavy atom. The molecule has 0 aromatic heterocycles. The molecule has 1 aliphatic heterocycles. The van der Waals surface area contributed by atoms with E-state index >= 15 is 0 Å².